The van der Waals surface area contributed by atoms with Gasteiger partial charge in [0.25, 0.3) is 0 Å². The number of hydrogen-bond acceptors (Lipinski definition) is 4. The van der Waals surface area contributed by atoms with Gasteiger partial charge in [0.05, 0.1) is 13.7 Å². The van der Waals surface area contributed by atoms with Crippen LogP contribution < -0.4 is 10.1 Å². The summed E-state index contributed by atoms with van der Waals surface area (Å²) in [5.74, 6) is 0.740. The van der Waals surface area contributed by atoms with E-state index in [2.05, 4.69) is 5.32 Å². The number of nitrogens with one attached hydrogen (secondary N) is 1. The SMILES string of the molecule is CCCNC(=O)CN(C)Cc1cc(C(C)=O)ccc1OC. The van der Waals surface area contributed by atoms with Crippen molar-refractivity contribution in [3.05, 3.63) is 29.3 Å². The van der Waals surface area contributed by atoms with Crippen molar-refractivity contribution < 1.29 is 14.3 Å². The highest BCUT2D eigenvalue weighted by Gasteiger charge is 2.11. The van der Waals surface area contributed by atoms with E-state index in [1.165, 1.54) is 6.92 Å². The molecule has 5 heteroatoms. The zero-order valence-electron chi connectivity index (χ0n) is 13.2. The number of hydrogen-bond donors (Lipinski definition) is 1. The minimum absolute atomic E-state index is 0.000962. The van der Waals surface area contributed by atoms with Crippen molar-refractivity contribution in [2.24, 2.45) is 0 Å². The molecule has 0 aliphatic rings. The average molecular weight is 292 g/mol. The number of carbonyl (C=O) groups is 2. The lowest BCUT2D eigenvalue weighted by molar-refractivity contribution is -0.122. The van der Waals surface area contributed by atoms with Gasteiger partial charge in [0.2, 0.25) is 5.91 Å². The number of methoxy groups -OCH3 is 1. The maximum absolute atomic E-state index is 11.7. The lowest BCUT2D eigenvalue weighted by Crippen LogP contribution is -2.35. The normalized spacial score (nSPS) is 10.5. The summed E-state index contributed by atoms with van der Waals surface area (Å²) in [6, 6.07) is 5.36. The lowest BCUT2D eigenvalue weighted by Gasteiger charge is -2.18. The molecular formula is C16H24N2O3. The number of nitrogens with zero attached hydrogens (tertiary/aromatic N) is 1. The average Bonchev–Trinajstić information content (AvgIpc) is 2.44. The van der Waals surface area contributed by atoms with Gasteiger partial charge < -0.3 is 10.1 Å². The molecule has 0 saturated carbocycles. The van der Waals surface area contributed by atoms with Gasteiger partial charge in [0.15, 0.2) is 5.78 Å². The van der Waals surface area contributed by atoms with Crippen LogP contribution in [0.2, 0.25) is 0 Å². The van der Waals surface area contributed by atoms with E-state index < -0.39 is 0 Å². The van der Waals surface area contributed by atoms with Gasteiger partial charge in [-0.3, -0.25) is 14.5 Å². The molecule has 0 aromatic heterocycles. The maximum Gasteiger partial charge on any atom is 0.234 e. The molecule has 0 aliphatic heterocycles. The molecule has 21 heavy (non-hydrogen) atoms. The Morgan fingerprint density at radius 2 is 2.05 bits per heavy atom. The van der Waals surface area contributed by atoms with E-state index in [0.717, 1.165) is 17.7 Å². The van der Waals surface area contributed by atoms with Crippen LogP contribution in [-0.4, -0.2) is 43.8 Å². The monoisotopic (exact) mass is 292 g/mol. The molecule has 0 spiro atoms. The summed E-state index contributed by atoms with van der Waals surface area (Å²) in [6.45, 7) is 5.10. The van der Waals surface area contributed by atoms with Crippen LogP contribution >= 0.6 is 0 Å². The number of carbonyl (C=O) groups excluding carboxylic acids is 2. The molecule has 0 unspecified atom stereocenters. The smallest absolute Gasteiger partial charge is 0.234 e. The third kappa shape index (κ3) is 5.55. The number of rotatable bonds is 8. The van der Waals surface area contributed by atoms with Gasteiger partial charge in [-0.05, 0) is 38.6 Å². The Kier molecular flexibility index (Phi) is 6.88. The predicted octanol–water partition coefficient (Wildman–Crippen LogP) is 1.86. The second kappa shape index (κ2) is 8.42. The van der Waals surface area contributed by atoms with Gasteiger partial charge in [-0.1, -0.05) is 6.92 Å². The van der Waals surface area contributed by atoms with Crippen LogP contribution in [0.1, 0.15) is 36.2 Å². The summed E-state index contributed by atoms with van der Waals surface area (Å²) in [5, 5.41) is 2.84. The standard InChI is InChI=1S/C16H24N2O3/c1-5-8-17-16(20)11-18(3)10-14-9-13(12(2)19)6-7-15(14)21-4/h6-7,9H,5,8,10-11H2,1-4H3,(H,17,20). The van der Waals surface area contributed by atoms with Crippen molar-refractivity contribution >= 4 is 11.7 Å². The molecule has 116 valence electrons. The summed E-state index contributed by atoms with van der Waals surface area (Å²) < 4.78 is 5.31. The highest BCUT2D eigenvalue weighted by molar-refractivity contribution is 5.94. The maximum atomic E-state index is 11.7. The van der Waals surface area contributed by atoms with Crippen molar-refractivity contribution in [1.29, 1.82) is 0 Å². The van der Waals surface area contributed by atoms with Gasteiger partial charge in [-0.15, -0.1) is 0 Å². The van der Waals surface area contributed by atoms with Crippen molar-refractivity contribution in [1.82, 2.24) is 10.2 Å². The van der Waals surface area contributed by atoms with Crippen molar-refractivity contribution in [2.75, 3.05) is 27.2 Å². The molecule has 0 aliphatic carbocycles. The van der Waals surface area contributed by atoms with Crippen LogP contribution in [-0.2, 0) is 11.3 Å². The van der Waals surface area contributed by atoms with E-state index in [9.17, 15) is 9.59 Å². The molecular weight excluding hydrogens is 268 g/mol. The van der Waals surface area contributed by atoms with Crippen LogP contribution in [0.4, 0.5) is 0 Å². The summed E-state index contributed by atoms with van der Waals surface area (Å²) in [7, 11) is 3.46. The Balaban J connectivity index is 2.73. The third-order valence-corrected chi connectivity index (χ3v) is 3.11. The molecule has 1 N–H and O–H groups in total. The van der Waals surface area contributed by atoms with Crippen LogP contribution in [0.3, 0.4) is 0 Å². The molecule has 0 saturated heterocycles. The first-order valence-electron chi connectivity index (χ1n) is 7.11. The number of amides is 1. The first-order valence-corrected chi connectivity index (χ1v) is 7.11. The number of likely N-dealkylation sites (N-methyl/N-ethyl adjacent to an activating group) is 1. The minimum Gasteiger partial charge on any atom is -0.496 e. The van der Waals surface area contributed by atoms with Crippen molar-refractivity contribution in [3.8, 4) is 5.75 Å². The fourth-order valence-corrected chi connectivity index (χ4v) is 2.03. The molecule has 1 amide bonds. The molecule has 0 fully saturated rings. The number of ketones is 1. The second-order valence-electron chi connectivity index (χ2n) is 5.11. The van der Waals surface area contributed by atoms with E-state index in [4.69, 9.17) is 4.74 Å². The lowest BCUT2D eigenvalue weighted by atomic mass is 10.1. The Morgan fingerprint density at radius 3 is 2.62 bits per heavy atom. The molecule has 1 rings (SSSR count). The van der Waals surface area contributed by atoms with Gasteiger partial charge in [-0.2, -0.15) is 0 Å². The summed E-state index contributed by atoms with van der Waals surface area (Å²) in [4.78, 5) is 25.1. The fourth-order valence-electron chi connectivity index (χ4n) is 2.03. The predicted molar refractivity (Wildman–Crippen MR) is 82.6 cm³/mol. The van der Waals surface area contributed by atoms with E-state index in [0.29, 0.717) is 25.2 Å². The van der Waals surface area contributed by atoms with E-state index >= 15 is 0 Å². The number of Topliss-reactive ketones (excluding diaryl/α,β-unsaturated/α-hetero) is 1. The highest BCUT2D eigenvalue weighted by atomic mass is 16.5. The number of benzene rings is 1. The van der Waals surface area contributed by atoms with Crippen molar-refractivity contribution in [2.45, 2.75) is 26.8 Å². The minimum atomic E-state index is 0.000962. The summed E-state index contributed by atoms with van der Waals surface area (Å²) in [5.41, 5.74) is 1.55. The summed E-state index contributed by atoms with van der Waals surface area (Å²) >= 11 is 0. The largest absolute Gasteiger partial charge is 0.496 e. The van der Waals surface area contributed by atoms with E-state index in [-0.39, 0.29) is 11.7 Å². The van der Waals surface area contributed by atoms with Crippen LogP contribution in [0.25, 0.3) is 0 Å². The van der Waals surface area contributed by atoms with Crippen LogP contribution in [0, 0.1) is 0 Å². The Labute approximate surface area is 126 Å². The second-order valence-corrected chi connectivity index (χ2v) is 5.11. The van der Waals surface area contributed by atoms with Crippen LogP contribution in [0.15, 0.2) is 18.2 Å². The molecule has 0 atom stereocenters. The Bertz CT molecular complexity index is 500. The highest BCUT2D eigenvalue weighted by Crippen LogP contribution is 2.21. The molecule has 1 aromatic rings. The molecule has 5 nitrogen and oxygen atoms in total. The van der Waals surface area contributed by atoms with Gasteiger partial charge >= 0.3 is 0 Å². The summed E-state index contributed by atoms with van der Waals surface area (Å²) in [6.07, 6.45) is 0.921. The van der Waals surface area contributed by atoms with Crippen LogP contribution in [0.5, 0.6) is 5.75 Å². The quantitative estimate of drug-likeness (QED) is 0.743. The first kappa shape index (κ1) is 17.2. The number of ether oxygens (including phenoxy) is 1. The van der Waals surface area contributed by atoms with Crippen molar-refractivity contribution in [3.63, 3.8) is 0 Å². The Hall–Kier alpha value is -1.88. The van der Waals surface area contributed by atoms with Gasteiger partial charge in [0.1, 0.15) is 5.75 Å². The zero-order valence-corrected chi connectivity index (χ0v) is 13.2. The molecule has 1 aromatic carbocycles. The molecule has 0 heterocycles. The third-order valence-electron chi connectivity index (χ3n) is 3.11. The zero-order chi connectivity index (χ0) is 15.8. The van der Waals surface area contributed by atoms with E-state index in [1.54, 1.807) is 19.2 Å². The fraction of sp³-hybridized carbons (Fsp3) is 0.500. The first-order chi connectivity index (χ1) is 9.97. The van der Waals surface area contributed by atoms with Gasteiger partial charge in [-0.25, -0.2) is 0 Å². The van der Waals surface area contributed by atoms with Gasteiger partial charge in [0, 0.05) is 24.2 Å². The topological polar surface area (TPSA) is 58.6 Å². The molecule has 0 radical (unpaired) electrons. The molecule has 0 bridgehead atoms. The van der Waals surface area contributed by atoms with E-state index in [1.807, 2.05) is 24.9 Å². The Morgan fingerprint density at radius 1 is 1.33 bits per heavy atom.